The molecule has 104 valence electrons. The molecule has 0 aliphatic heterocycles. The minimum atomic E-state index is -0.150. The second kappa shape index (κ2) is 6.98. The Hall–Kier alpha value is -0.490. The monoisotopic (exact) mass is 440 g/mol. The highest BCUT2D eigenvalue weighted by molar-refractivity contribution is 14.1. The zero-order chi connectivity index (χ0) is 14.7. The van der Waals surface area contributed by atoms with Gasteiger partial charge in [-0.05, 0) is 46.9 Å². The molecule has 2 nitrogen and oxygen atoms in total. The van der Waals surface area contributed by atoms with Gasteiger partial charge in [0.05, 0.1) is 10.0 Å². The molecule has 0 aromatic heterocycles. The summed E-state index contributed by atoms with van der Waals surface area (Å²) in [6, 6.07) is 10.2. The summed E-state index contributed by atoms with van der Waals surface area (Å²) in [5, 5.41) is 0.965. The smallest absolute Gasteiger partial charge is 0.200 e. The zero-order valence-corrected chi connectivity index (χ0v) is 14.4. The largest absolute Gasteiger partial charge is 0.482 e. The SMILES string of the molecule is O=C(COc1c(Cl)cc(Cl)cc1Cl)c1ccc(I)cc1. The average Bonchev–Trinajstić information content (AvgIpc) is 2.38. The van der Waals surface area contributed by atoms with Gasteiger partial charge in [0.1, 0.15) is 0 Å². The number of benzene rings is 2. The summed E-state index contributed by atoms with van der Waals surface area (Å²) in [7, 11) is 0. The first-order valence-electron chi connectivity index (χ1n) is 5.53. The fraction of sp³-hybridized carbons (Fsp3) is 0.0714. The second-order valence-corrected chi connectivity index (χ2v) is 6.41. The third kappa shape index (κ3) is 4.01. The van der Waals surface area contributed by atoms with Gasteiger partial charge in [-0.25, -0.2) is 0 Å². The summed E-state index contributed by atoms with van der Waals surface area (Å²) in [5.74, 6) is 0.111. The normalized spacial score (nSPS) is 10.4. The molecule has 2 aromatic carbocycles. The van der Waals surface area contributed by atoms with Gasteiger partial charge in [-0.1, -0.05) is 46.9 Å². The molecule has 20 heavy (non-hydrogen) atoms. The van der Waals surface area contributed by atoms with Gasteiger partial charge in [-0.15, -0.1) is 0 Å². The van der Waals surface area contributed by atoms with Crippen LogP contribution in [0.4, 0.5) is 0 Å². The maximum Gasteiger partial charge on any atom is 0.200 e. The highest BCUT2D eigenvalue weighted by Gasteiger charge is 2.12. The van der Waals surface area contributed by atoms with Crippen molar-refractivity contribution in [3.63, 3.8) is 0 Å². The molecule has 6 heteroatoms. The third-order valence-electron chi connectivity index (χ3n) is 2.48. The lowest BCUT2D eigenvalue weighted by molar-refractivity contribution is 0.0921. The first-order valence-corrected chi connectivity index (χ1v) is 7.75. The highest BCUT2D eigenvalue weighted by atomic mass is 127. The molecule has 0 saturated heterocycles. The van der Waals surface area contributed by atoms with Crippen molar-refractivity contribution >= 4 is 63.2 Å². The first-order chi connectivity index (χ1) is 9.47. The number of hydrogen-bond donors (Lipinski definition) is 0. The molecule has 0 atom stereocenters. The Morgan fingerprint density at radius 1 is 1.05 bits per heavy atom. The molecular formula is C14H8Cl3IO2. The van der Waals surface area contributed by atoms with Crippen LogP contribution < -0.4 is 4.74 Å². The number of rotatable bonds is 4. The molecule has 0 fully saturated rings. The van der Waals surface area contributed by atoms with Crippen molar-refractivity contribution in [3.05, 3.63) is 60.6 Å². The number of hydrogen-bond acceptors (Lipinski definition) is 2. The van der Waals surface area contributed by atoms with Crippen molar-refractivity contribution in [1.29, 1.82) is 0 Å². The molecule has 2 rings (SSSR count). The maximum atomic E-state index is 12.0. The molecule has 0 N–H and O–H groups in total. The van der Waals surface area contributed by atoms with E-state index in [-0.39, 0.29) is 28.2 Å². The van der Waals surface area contributed by atoms with Gasteiger partial charge in [0.25, 0.3) is 0 Å². The zero-order valence-electron chi connectivity index (χ0n) is 10.00. The van der Waals surface area contributed by atoms with E-state index in [4.69, 9.17) is 39.5 Å². The summed E-state index contributed by atoms with van der Waals surface area (Å²) >= 11 is 19.9. The number of halogens is 4. The van der Waals surface area contributed by atoms with E-state index >= 15 is 0 Å². The van der Waals surface area contributed by atoms with Crippen LogP contribution in [0.2, 0.25) is 15.1 Å². The van der Waals surface area contributed by atoms with E-state index in [0.717, 1.165) is 3.57 Å². The quantitative estimate of drug-likeness (QED) is 0.462. The fourth-order valence-corrected chi connectivity index (χ4v) is 2.81. The van der Waals surface area contributed by atoms with E-state index in [0.29, 0.717) is 10.6 Å². The number of ether oxygens (including phenoxy) is 1. The molecule has 0 saturated carbocycles. The van der Waals surface area contributed by atoms with Crippen LogP contribution in [0.15, 0.2) is 36.4 Å². The molecule has 0 spiro atoms. The fourth-order valence-electron chi connectivity index (χ4n) is 1.52. The minimum Gasteiger partial charge on any atom is -0.482 e. The molecule has 0 bridgehead atoms. The Kier molecular flexibility index (Phi) is 5.55. The highest BCUT2D eigenvalue weighted by Crippen LogP contribution is 2.35. The van der Waals surface area contributed by atoms with Crippen LogP contribution >= 0.6 is 57.4 Å². The van der Waals surface area contributed by atoms with Crippen LogP contribution in [0, 0.1) is 3.57 Å². The van der Waals surface area contributed by atoms with Crippen molar-refractivity contribution in [2.75, 3.05) is 6.61 Å². The van der Waals surface area contributed by atoms with E-state index in [1.54, 1.807) is 12.1 Å². The van der Waals surface area contributed by atoms with E-state index in [1.807, 2.05) is 12.1 Å². The van der Waals surface area contributed by atoms with Crippen molar-refractivity contribution in [3.8, 4) is 5.75 Å². The lowest BCUT2D eigenvalue weighted by atomic mass is 10.1. The van der Waals surface area contributed by atoms with Crippen LogP contribution in [-0.4, -0.2) is 12.4 Å². The van der Waals surface area contributed by atoms with Crippen molar-refractivity contribution < 1.29 is 9.53 Å². The lowest BCUT2D eigenvalue weighted by Crippen LogP contribution is -2.12. The first kappa shape index (κ1) is 15.9. The van der Waals surface area contributed by atoms with Crippen molar-refractivity contribution in [2.45, 2.75) is 0 Å². The average molecular weight is 441 g/mol. The molecule has 0 unspecified atom stereocenters. The predicted molar refractivity (Wildman–Crippen MR) is 90.5 cm³/mol. The molecule has 0 aliphatic carbocycles. The van der Waals surface area contributed by atoms with Gasteiger partial charge < -0.3 is 4.74 Å². The van der Waals surface area contributed by atoms with Crippen LogP contribution in [0.5, 0.6) is 5.75 Å². The van der Waals surface area contributed by atoms with Crippen LogP contribution in [-0.2, 0) is 0 Å². The Morgan fingerprint density at radius 2 is 1.60 bits per heavy atom. The molecule has 2 aromatic rings. The van der Waals surface area contributed by atoms with E-state index in [1.165, 1.54) is 12.1 Å². The van der Waals surface area contributed by atoms with E-state index < -0.39 is 0 Å². The Bertz CT molecular complexity index is 618. The number of ketones is 1. The molecule has 0 heterocycles. The van der Waals surface area contributed by atoms with E-state index in [9.17, 15) is 4.79 Å². The molecule has 0 aliphatic rings. The predicted octanol–water partition coefficient (Wildman–Crippen LogP) is 5.51. The number of Topliss-reactive ketones (excluding diaryl/α,β-unsaturated/α-hetero) is 1. The van der Waals surface area contributed by atoms with Gasteiger partial charge in [-0.3, -0.25) is 4.79 Å². The summed E-state index contributed by atoms with van der Waals surface area (Å²) in [6.07, 6.45) is 0. The summed E-state index contributed by atoms with van der Waals surface area (Å²) in [5.41, 5.74) is 0.576. The lowest BCUT2D eigenvalue weighted by Gasteiger charge is -2.09. The summed E-state index contributed by atoms with van der Waals surface area (Å²) in [6.45, 7) is -0.137. The van der Waals surface area contributed by atoms with Crippen LogP contribution in [0.25, 0.3) is 0 Å². The van der Waals surface area contributed by atoms with Crippen LogP contribution in [0.3, 0.4) is 0 Å². The second-order valence-electron chi connectivity index (χ2n) is 3.92. The van der Waals surface area contributed by atoms with Gasteiger partial charge in [-0.2, -0.15) is 0 Å². The van der Waals surface area contributed by atoms with Gasteiger partial charge in [0, 0.05) is 14.2 Å². The Balaban J connectivity index is 2.09. The van der Waals surface area contributed by atoms with E-state index in [2.05, 4.69) is 22.6 Å². The van der Waals surface area contributed by atoms with Gasteiger partial charge in [0.15, 0.2) is 18.1 Å². The third-order valence-corrected chi connectivity index (χ3v) is 3.98. The minimum absolute atomic E-state index is 0.137. The van der Waals surface area contributed by atoms with Gasteiger partial charge in [0.2, 0.25) is 0 Å². The molecule has 0 amide bonds. The molecule has 0 radical (unpaired) electrons. The Morgan fingerprint density at radius 3 is 2.15 bits per heavy atom. The van der Waals surface area contributed by atoms with Crippen molar-refractivity contribution in [1.82, 2.24) is 0 Å². The molecular weight excluding hydrogens is 433 g/mol. The van der Waals surface area contributed by atoms with Crippen LogP contribution in [0.1, 0.15) is 10.4 Å². The maximum absolute atomic E-state index is 12.0. The summed E-state index contributed by atoms with van der Waals surface area (Å²) < 4.78 is 6.45. The summed E-state index contributed by atoms with van der Waals surface area (Å²) in [4.78, 5) is 12.0. The number of carbonyl (C=O) groups excluding carboxylic acids is 1. The standard InChI is InChI=1S/C14H8Cl3IO2/c15-9-5-11(16)14(12(17)6-9)20-7-13(19)8-1-3-10(18)4-2-8/h1-6H,7H2. The van der Waals surface area contributed by atoms with Crippen molar-refractivity contribution in [2.24, 2.45) is 0 Å². The number of carbonyl (C=O) groups is 1. The van der Waals surface area contributed by atoms with Gasteiger partial charge >= 0.3 is 0 Å². The Labute approximate surface area is 145 Å². The topological polar surface area (TPSA) is 26.3 Å².